The van der Waals surface area contributed by atoms with Crippen LogP contribution in [0.2, 0.25) is 0 Å². The first-order valence-electron chi connectivity index (χ1n) is 11.4. The number of aliphatic hydroxyl groups is 1. The molecule has 0 spiro atoms. The molecule has 0 bridgehead atoms. The number of hydrogen-bond acceptors (Lipinski definition) is 6. The van der Waals surface area contributed by atoms with E-state index in [0.29, 0.717) is 22.7 Å². The number of imidazole rings is 1. The molecule has 7 nitrogen and oxygen atoms in total. The summed E-state index contributed by atoms with van der Waals surface area (Å²) < 4.78 is 58.8. The number of aliphatic hydroxyl groups excluding tert-OH is 1. The van der Waals surface area contributed by atoms with E-state index in [9.17, 15) is 18.1 Å². The fraction of sp³-hybridized carbons (Fsp3) is 0.269. The van der Waals surface area contributed by atoms with E-state index in [0.717, 1.165) is 22.2 Å². The van der Waals surface area contributed by atoms with Gasteiger partial charge in [0.1, 0.15) is 17.7 Å². The lowest BCUT2D eigenvalue weighted by molar-refractivity contribution is -0.0507. The van der Waals surface area contributed by atoms with Gasteiger partial charge in [-0.1, -0.05) is 36.4 Å². The average Bonchev–Trinajstić information content (AvgIpc) is 3.39. The molecule has 36 heavy (non-hydrogen) atoms. The molecule has 10 heteroatoms. The molecule has 0 fully saturated rings. The molecule has 5 rings (SSSR count). The lowest BCUT2D eigenvalue weighted by Gasteiger charge is -2.19. The molecule has 1 unspecified atom stereocenters. The van der Waals surface area contributed by atoms with Crippen molar-refractivity contribution in [2.75, 3.05) is 19.5 Å². The molecule has 2 heterocycles. The summed E-state index contributed by atoms with van der Waals surface area (Å²) in [6.45, 7) is -2.97. The van der Waals surface area contributed by atoms with Gasteiger partial charge >= 0.3 is 6.61 Å². The summed E-state index contributed by atoms with van der Waals surface area (Å²) in [7, 11) is -2.81. The Bertz CT molecular complexity index is 1500. The van der Waals surface area contributed by atoms with Gasteiger partial charge in [-0.2, -0.15) is 8.78 Å². The zero-order chi connectivity index (χ0) is 25.4. The van der Waals surface area contributed by atoms with E-state index in [2.05, 4.69) is 0 Å². The zero-order valence-electron chi connectivity index (χ0n) is 19.4. The summed E-state index contributed by atoms with van der Waals surface area (Å²) >= 11 is 0. The fourth-order valence-electron chi connectivity index (χ4n) is 4.73. The Morgan fingerprint density at radius 1 is 1.14 bits per heavy atom. The smallest absolute Gasteiger partial charge is 0.387 e. The molecule has 4 aromatic rings. The van der Waals surface area contributed by atoms with Gasteiger partial charge in [-0.05, 0) is 41.5 Å². The van der Waals surface area contributed by atoms with Crippen LogP contribution >= 0.6 is 0 Å². The molecule has 0 radical (unpaired) electrons. The van der Waals surface area contributed by atoms with Gasteiger partial charge in [0.25, 0.3) is 0 Å². The monoisotopic (exact) mass is 513 g/mol. The van der Waals surface area contributed by atoms with Gasteiger partial charge in [0.2, 0.25) is 0 Å². The predicted molar refractivity (Wildman–Crippen MR) is 132 cm³/mol. The van der Waals surface area contributed by atoms with Gasteiger partial charge in [0.15, 0.2) is 0 Å². The molecular formula is C26H25F2N3O4S. The molecule has 3 atom stereocenters. The molecule has 1 aliphatic heterocycles. The van der Waals surface area contributed by atoms with Gasteiger partial charge in [-0.3, -0.25) is 0 Å². The van der Waals surface area contributed by atoms with Crippen LogP contribution in [0.5, 0.6) is 5.75 Å². The SMILES string of the molecule is CS(=N)(=O)c1ccc(-c2ccc3nc4n(c3c2)[C@@H](c2ccccc2OC(F)F)C[C@H]4OCCO)cc1. The third-order valence-corrected chi connectivity index (χ3v) is 7.47. The maximum atomic E-state index is 13.1. The van der Waals surface area contributed by atoms with Crippen molar-refractivity contribution in [1.29, 1.82) is 4.78 Å². The third kappa shape index (κ3) is 4.59. The summed E-state index contributed by atoms with van der Waals surface area (Å²) in [5.41, 5.74) is 3.89. The van der Waals surface area contributed by atoms with E-state index in [1.54, 1.807) is 30.3 Å². The summed E-state index contributed by atoms with van der Waals surface area (Å²) in [5.74, 6) is 0.751. The van der Waals surface area contributed by atoms with Crippen molar-refractivity contribution in [2.45, 2.75) is 30.1 Å². The second kappa shape index (κ2) is 9.61. The highest BCUT2D eigenvalue weighted by molar-refractivity contribution is 7.91. The largest absolute Gasteiger partial charge is 0.434 e. The second-order valence-corrected chi connectivity index (χ2v) is 10.8. The number of aromatic nitrogens is 2. The van der Waals surface area contributed by atoms with E-state index in [4.69, 9.17) is 19.2 Å². The van der Waals surface area contributed by atoms with Crippen molar-refractivity contribution in [3.63, 3.8) is 0 Å². The molecule has 1 aromatic heterocycles. The van der Waals surface area contributed by atoms with Crippen LogP contribution in [0.1, 0.15) is 30.0 Å². The maximum absolute atomic E-state index is 13.1. The molecule has 0 amide bonds. The number of nitrogens with one attached hydrogen (secondary N) is 1. The Kier molecular flexibility index (Phi) is 6.50. The molecule has 188 valence electrons. The van der Waals surface area contributed by atoms with Crippen LogP contribution in [0.15, 0.2) is 71.6 Å². The molecule has 1 aliphatic rings. The number of alkyl halides is 2. The minimum absolute atomic E-state index is 0.0957. The highest BCUT2D eigenvalue weighted by atomic mass is 32.2. The van der Waals surface area contributed by atoms with E-state index in [1.165, 1.54) is 12.3 Å². The van der Waals surface area contributed by atoms with Crippen molar-refractivity contribution in [3.8, 4) is 16.9 Å². The van der Waals surface area contributed by atoms with E-state index in [1.807, 2.05) is 34.9 Å². The van der Waals surface area contributed by atoms with Gasteiger partial charge in [-0.25, -0.2) is 14.0 Å². The highest BCUT2D eigenvalue weighted by Crippen LogP contribution is 2.46. The van der Waals surface area contributed by atoms with E-state index >= 15 is 0 Å². The van der Waals surface area contributed by atoms with Crippen LogP contribution in [0, 0.1) is 4.78 Å². The maximum Gasteiger partial charge on any atom is 0.387 e. The van der Waals surface area contributed by atoms with Gasteiger partial charge < -0.3 is 19.1 Å². The normalized spacial score (nSPS) is 18.9. The first-order valence-corrected chi connectivity index (χ1v) is 13.3. The van der Waals surface area contributed by atoms with Gasteiger partial charge in [0, 0.05) is 23.1 Å². The lowest BCUT2D eigenvalue weighted by atomic mass is 10.0. The number of hydrogen-bond donors (Lipinski definition) is 2. The van der Waals surface area contributed by atoms with Gasteiger partial charge in [0.05, 0.1) is 40.0 Å². The standard InChI is InChI=1S/C26H25F2N3O4S/c1-36(29,33)18-9-6-16(7-10-18)17-8-11-20-22(14-17)31-21(15-24(25(31)30-20)34-13-12-32)19-4-2-3-5-23(19)35-26(27)28/h2-11,14,21,24,26,29,32H,12-13,15H2,1H3/t21-,24-,36?/m1/s1. The Morgan fingerprint density at radius 3 is 2.56 bits per heavy atom. The fourth-order valence-corrected chi connectivity index (χ4v) is 5.38. The lowest BCUT2D eigenvalue weighted by Crippen LogP contribution is -2.10. The average molecular weight is 514 g/mol. The van der Waals surface area contributed by atoms with Crippen molar-refractivity contribution in [1.82, 2.24) is 9.55 Å². The van der Waals surface area contributed by atoms with Crippen molar-refractivity contribution in [2.24, 2.45) is 0 Å². The summed E-state index contributed by atoms with van der Waals surface area (Å²) in [6, 6.07) is 19.2. The highest BCUT2D eigenvalue weighted by Gasteiger charge is 2.37. The Morgan fingerprint density at radius 2 is 1.86 bits per heavy atom. The number of benzene rings is 3. The second-order valence-electron chi connectivity index (χ2n) is 8.66. The number of halogens is 2. The molecule has 0 aliphatic carbocycles. The minimum Gasteiger partial charge on any atom is -0.434 e. The number of para-hydroxylation sites is 1. The first kappa shape index (κ1) is 24.4. The van der Waals surface area contributed by atoms with Crippen LogP contribution in [0.3, 0.4) is 0 Å². The predicted octanol–water partition coefficient (Wildman–Crippen LogP) is 5.38. The first-order chi connectivity index (χ1) is 17.3. The summed E-state index contributed by atoms with van der Waals surface area (Å²) in [6.07, 6.45) is 1.41. The third-order valence-electron chi connectivity index (χ3n) is 6.30. The molecule has 2 N–H and O–H groups in total. The molecule has 0 saturated heterocycles. The Hall–Kier alpha value is -3.34. The van der Waals surface area contributed by atoms with Crippen molar-refractivity contribution in [3.05, 3.63) is 78.1 Å². The van der Waals surface area contributed by atoms with Crippen LogP contribution in [0.4, 0.5) is 8.78 Å². The topological polar surface area (TPSA) is 97.4 Å². The number of ether oxygens (including phenoxy) is 2. The number of nitrogens with zero attached hydrogens (tertiary/aromatic N) is 2. The Labute approximate surface area is 207 Å². The zero-order valence-corrected chi connectivity index (χ0v) is 20.3. The minimum atomic E-state index is -2.95. The van der Waals surface area contributed by atoms with Crippen LogP contribution in [0.25, 0.3) is 22.2 Å². The summed E-state index contributed by atoms with van der Waals surface area (Å²) in [5, 5.41) is 9.29. The van der Waals surface area contributed by atoms with E-state index in [-0.39, 0.29) is 25.0 Å². The number of fused-ring (bicyclic) bond motifs is 3. The molecule has 0 saturated carbocycles. The van der Waals surface area contributed by atoms with Gasteiger partial charge in [-0.15, -0.1) is 0 Å². The van der Waals surface area contributed by atoms with Crippen LogP contribution < -0.4 is 4.74 Å². The van der Waals surface area contributed by atoms with Crippen LogP contribution in [-0.4, -0.2) is 44.9 Å². The molecule has 3 aromatic carbocycles. The quantitative estimate of drug-likeness (QED) is 0.330. The van der Waals surface area contributed by atoms with Crippen molar-refractivity contribution >= 4 is 20.8 Å². The Balaban J connectivity index is 1.62. The van der Waals surface area contributed by atoms with E-state index < -0.39 is 22.4 Å². The molecular weight excluding hydrogens is 488 g/mol. The summed E-state index contributed by atoms with van der Waals surface area (Å²) in [4.78, 5) is 5.24. The van der Waals surface area contributed by atoms with Crippen LogP contribution in [-0.2, 0) is 14.5 Å². The number of rotatable bonds is 8. The van der Waals surface area contributed by atoms with Crippen molar-refractivity contribution < 1.29 is 27.6 Å².